The van der Waals surface area contributed by atoms with Crippen LogP contribution in [0.3, 0.4) is 0 Å². The summed E-state index contributed by atoms with van der Waals surface area (Å²) in [6.07, 6.45) is 2.18. The van der Waals surface area contributed by atoms with Crippen molar-refractivity contribution in [1.82, 2.24) is 9.78 Å². The summed E-state index contributed by atoms with van der Waals surface area (Å²) in [6.45, 7) is 1.77. The van der Waals surface area contributed by atoms with E-state index in [1.807, 2.05) is 0 Å². The molecule has 0 amide bonds. The van der Waals surface area contributed by atoms with Gasteiger partial charge >= 0.3 is 0 Å². The third kappa shape index (κ3) is 2.47. The molecule has 1 aliphatic rings. The molecule has 0 fully saturated rings. The van der Waals surface area contributed by atoms with Gasteiger partial charge in [0.05, 0.1) is 19.4 Å². The number of alkyl halides is 2. The highest BCUT2D eigenvalue weighted by molar-refractivity contribution is 5.79. The van der Waals surface area contributed by atoms with E-state index in [1.165, 1.54) is 16.9 Å². The molecule has 3 rings (SSSR count). The Morgan fingerprint density at radius 3 is 2.36 bits per heavy atom. The lowest BCUT2D eigenvalue weighted by Crippen LogP contribution is -2.10. The largest absolute Gasteiger partial charge is 0.490 e. The highest BCUT2D eigenvalue weighted by atomic mass is 19.3. The molecule has 1 aromatic carbocycles. The molecule has 0 radical (unpaired) electrons. The summed E-state index contributed by atoms with van der Waals surface area (Å²) >= 11 is 0. The van der Waals surface area contributed by atoms with E-state index < -0.39 is 5.92 Å². The molecule has 0 atom stereocenters. The van der Waals surface area contributed by atoms with Crippen LogP contribution in [0.1, 0.15) is 18.9 Å². The first kappa shape index (κ1) is 14.6. The van der Waals surface area contributed by atoms with Gasteiger partial charge in [-0.2, -0.15) is 5.10 Å². The molecule has 2 aromatic rings. The number of aryl methyl sites for hydroxylation is 1. The molecule has 118 valence electrons. The number of nitrogen functional groups attached to an aromatic ring is 1. The lowest BCUT2D eigenvalue weighted by molar-refractivity contribution is 0.0178. The van der Waals surface area contributed by atoms with Gasteiger partial charge in [-0.05, 0) is 12.1 Å². The Kier molecular flexibility index (Phi) is 3.42. The second-order valence-electron chi connectivity index (χ2n) is 5.35. The van der Waals surface area contributed by atoms with Crippen molar-refractivity contribution in [2.24, 2.45) is 7.05 Å². The lowest BCUT2D eigenvalue weighted by atomic mass is 9.96. The normalized spacial score (nSPS) is 14.7. The molecular weight excluding hydrogens is 292 g/mol. The number of nitrogens with two attached hydrogens (primary N) is 1. The van der Waals surface area contributed by atoms with Gasteiger partial charge in [-0.1, -0.05) is 0 Å². The second-order valence-corrected chi connectivity index (χ2v) is 5.35. The van der Waals surface area contributed by atoms with Crippen LogP contribution in [0.5, 0.6) is 11.5 Å². The molecule has 2 N–H and O–H groups in total. The van der Waals surface area contributed by atoms with Crippen LogP contribution in [0.25, 0.3) is 11.1 Å². The average Bonchev–Trinajstić information content (AvgIpc) is 2.66. The summed E-state index contributed by atoms with van der Waals surface area (Å²) < 4.78 is 40.6. The van der Waals surface area contributed by atoms with E-state index in [1.54, 1.807) is 13.1 Å². The SMILES string of the molecule is Cn1ncc(-c2cc3c(cc2C(C)(F)F)OCCCO3)c1N. The quantitative estimate of drug-likeness (QED) is 0.926. The van der Waals surface area contributed by atoms with E-state index in [9.17, 15) is 8.78 Å². The molecule has 5 nitrogen and oxygen atoms in total. The summed E-state index contributed by atoms with van der Waals surface area (Å²) in [6, 6.07) is 2.89. The van der Waals surface area contributed by atoms with Crippen molar-refractivity contribution in [2.75, 3.05) is 18.9 Å². The van der Waals surface area contributed by atoms with Crippen LogP contribution in [0.15, 0.2) is 18.3 Å². The molecule has 1 aliphatic heterocycles. The van der Waals surface area contributed by atoms with E-state index in [2.05, 4.69) is 5.10 Å². The van der Waals surface area contributed by atoms with Crippen molar-refractivity contribution < 1.29 is 18.3 Å². The molecular formula is C15H17F2N3O2. The highest BCUT2D eigenvalue weighted by Gasteiger charge is 2.31. The standard InChI is InChI=1S/C15H17F2N3O2/c1-15(16,17)11-7-13-12(21-4-3-5-22-13)6-9(11)10-8-19-20(2)14(10)18/h6-8H,3-5,18H2,1-2H3. The maximum atomic E-state index is 14.0. The van der Waals surface area contributed by atoms with Crippen LogP contribution in [-0.4, -0.2) is 23.0 Å². The fourth-order valence-corrected chi connectivity index (χ4v) is 2.45. The first-order valence-corrected chi connectivity index (χ1v) is 6.97. The van der Waals surface area contributed by atoms with Crippen LogP contribution < -0.4 is 15.2 Å². The lowest BCUT2D eigenvalue weighted by Gasteiger charge is -2.19. The first-order chi connectivity index (χ1) is 10.4. The zero-order chi connectivity index (χ0) is 15.9. The van der Waals surface area contributed by atoms with Gasteiger partial charge in [0.2, 0.25) is 0 Å². The molecule has 0 bridgehead atoms. The summed E-state index contributed by atoms with van der Waals surface area (Å²) in [5.74, 6) is -1.94. The molecule has 0 saturated heterocycles. The predicted molar refractivity (Wildman–Crippen MR) is 78.2 cm³/mol. The Bertz CT molecular complexity index is 708. The molecule has 0 unspecified atom stereocenters. The topological polar surface area (TPSA) is 62.3 Å². The number of hydrogen-bond acceptors (Lipinski definition) is 4. The van der Waals surface area contributed by atoms with Crippen molar-refractivity contribution in [1.29, 1.82) is 0 Å². The van der Waals surface area contributed by atoms with Gasteiger partial charge in [-0.25, -0.2) is 8.78 Å². The average molecular weight is 309 g/mol. The summed E-state index contributed by atoms with van der Waals surface area (Å²) in [4.78, 5) is 0. The fraction of sp³-hybridized carbons (Fsp3) is 0.400. The second kappa shape index (κ2) is 5.15. The van der Waals surface area contributed by atoms with Gasteiger partial charge in [0.15, 0.2) is 11.5 Å². The van der Waals surface area contributed by atoms with Gasteiger partial charge in [-0.3, -0.25) is 4.68 Å². The third-order valence-corrected chi connectivity index (χ3v) is 3.64. The van der Waals surface area contributed by atoms with Crippen molar-refractivity contribution in [3.8, 4) is 22.6 Å². The molecule has 2 heterocycles. The van der Waals surface area contributed by atoms with Gasteiger partial charge in [0.1, 0.15) is 5.82 Å². The third-order valence-electron chi connectivity index (χ3n) is 3.64. The van der Waals surface area contributed by atoms with E-state index in [-0.39, 0.29) is 5.56 Å². The maximum absolute atomic E-state index is 14.0. The molecule has 22 heavy (non-hydrogen) atoms. The number of halogens is 2. The molecule has 7 heteroatoms. The minimum Gasteiger partial charge on any atom is -0.490 e. The van der Waals surface area contributed by atoms with Crippen molar-refractivity contribution in [2.45, 2.75) is 19.3 Å². The number of nitrogens with zero attached hydrogens (tertiary/aromatic N) is 2. The molecule has 0 aliphatic carbocycles. The zero-order valence-corrected chi connectivity index (χ0v) is 12.4. The Labute approximate surface area is 126 Å². The molecule has 0 spiro atoms. The minimum absolute atomic E-state index is 0.156. The van der Waals surface area contributed by atoms with Gasteiger partial charge in [-0.15, -0.1) is 0 Å². The first-order valence-electron chi connectivity index (χ1n) is 6.97. The number of ether oxygens (including phenoxy) is 2. The van der Waals surface area contributed by atoms with Gasteiger partial charge in [0, 0.05) is 37.1 Å². The predicted octanol–water partition coefficient (Wildman–Crippen LogP) is 2.94. The molecule has 1 aromatic heterocycles. The van der Waals surface area contributed by atoms with Gasteiger partial charge < -0.3 is 15.2 Å². The highest BCUT2D eigenvalue weighted by Crippen LogP contribution is 2.44. The number of anilines is 1. The monoisotopic (exact) mass is 309 g/mol. The van der Waals surface area contributed by atoms with E-state index in [4.69, 9.17) is 15.2 Å². The van der Waals surface area contributed by atoms with E-state index in [0.717, 1.165) is 6.92 Å². The minimum atomic E-state index is -3.04. The Hall–Kier alpha value is -2.31. The number of rotatable bonds is 2. The summed E-state index contributed by atoms with van der Waals surface area (Å²) in [5.41, 5.74) is 6.54. The van der Waals surface area contributed by atoms with Crippen LogP contribution in [-0.2, 0) is 13.0 Å². The summed E-state index contributed by atoms with van der Waals surface area (Å²) in [5, 5.41) is 4.02. The number of aromatic nitrogens is 2. The van der Waals surface area contributed by atoms with Crippen molar-refractivity contribution in [3.05, 3.63) is 23.9 Å². The Balaban J connectivity index is 2.23. The van der Waals surface area contributed by atoms with Crippen LogP contribution >= 0.6 is 0 Å². The Morgan fingerprint density at radius 2 is 1.82 bits per heavy atom. The Morgan fingerprint density at radius 1 is 1.18 bits per heavy atom. The van der Waals surface area contributed by atoms with E-state index >= 15 is 0 Å². The number of hydrogen-bond donors (Lipinski definition) is 1. The van der Waals surface area contributed by atoms with E-state index in [0.29, 0.717) is 48.1 Å². The smallest absolute Gasteiger partial charge is 0.271 e. The number of fused-ring (bicyclic) bond motifs is 1. The van der Waals surface area contributed by atoms with Crippen LogP contribution in [0.4, 0.5) is 14.6 Å². The zero-order valence-electron chi connectivity index (χ0n) is 12.4. The van der Waals surface area contributed by atoms with Crippen LogP contribution in [0, 0.1) is 0 Å². The maximum Gasteiger partial charge on any atom is 0.271 e. The van der Waals surface area contributed by atoms with Crippen LogP contribution in [0.2, 0.25) is 0 Å². The molecule has 0 saturated carbocycles. The van der Waals surface area contributed by atoms with Crippen molar-refractivity contribution in [3.63, 3.8) is 0 Å². The fourth-order valence-electron chi connectivity index (χ4n) is 2.45. The number of benzene rings is 1. The van der Waals surface area contributed by atoms with Gasteiger partial charge in [0.25, 0.3) is 5.92 Å². The van der Waals surface area contributed by atoms with Crippen molar-refractivity contribution >= 4 is 5.82 Å². The summed E-state index contributed by atoms with van der Waals surface area (Å²) in [7, 11) is 1.66.